The van der Waals surface area contributed by atoms with Crippen molar-refractivity contribution in [1.29, 1.82) is 0 Å². The standard InChI is InChI=1S/C27H28N2O4/c1-19-13-15-22(16-14-19)25(30)28-23(17-20-9-5-3-6-10-20)26(31)29-24(27(32)33-2)18-21-11-7-4-8-12-21/h3-16,23-24H,17-18H2,1-2H3,(H,28,30)(H,29,31)/t23-,24+/m0/s1. The van der Waals surface area contributed by atoms with E-state index in [2.05, 4.69) is 10.6 Å². The molecule has 2 N–H and O–H groups in total. The van der Waals surface area contributed by atoms with E-state index in [1.807, 2.05) is 79.7 Å². The first-order chi connectivity index (χ1) is 16.0. The van der Waals surface area contributed by atoms with Crippen LogP contribution in [0.2, 0.25) is 0 Å². The lowest BCUT2D eigenvalue weighted by Crippen LogP contribution is -2.53. The lowest BCUT2D eigenvalue weighted by atomic mass is 10.0. The number of benzene rings is 3. The van der Waals surface area contributed by atoms with Crippen molar-refractivity contribution < 1.29 is 19.1 Å². The number of nitrogens with one attached hydrogen (secondary N) is 2. The summed E-state index contributed by atoms with van der Waals surface area (Å²) in [7, 11) is 1.28. The minimum absolute atomic E-state index is 0.281. The number of hydrogen-bond acceptors (Lipinski definition) is 4. The number of rotatable bonds is 9. The zero-order valence-electron chi connectivity index (χ0n) is 18.8. The molecule has 2 atom stereocenters. The van der Waals surface area contributed by atoms with Gasteiger partial charge in [0, 0.05) is 18.4 Å². The second-order valence-corrected chi connectivity index (χ2v) is 7.86. The number of esters is 1. The molecule has 33 heavy (non-hydrogen) atoms. The van der Waals surface area contributed by atoms with Gasteiger partial charge in [0.15, 0.2) is 0 Å². The maximum atomic E-state index is 13.3. The van der Waals surface area contributed by atoms with Crippen molar-refractivity contribution in [3.8, 4) is 0 Å². The van der Waals surface area contributed by atoms with Gasteiger partial charge in [-0.2, -0.15) is 0 Å². The first-order valence-electron chi connectivity index (χ1n) is 10.8. The number of carbonyl (C=O) groups is 3. The molecule has 170 valence electrons. The van der Waals surface area contributed by atoms with Crippen LogP contribution < -0.4 is 10.6 Å². The van der Waals surface area contributed by atoms with Crippen molar-refractivity contribution in [3.63, 3.8) is 0 Å². The van der Waals surface area contributed by atoms with Crippen molar-refractivity contribution in [2.24, 2.45) is 0 Å². The molecule has 0 aliphatic rings. The van der Waals surface area contributed by atoms with Crippen LogP contribution in [0.15, 0.2) is 84.9 Å². The number of ether oxygens (including phenoxy) is 1. The minimum Gasteiger partial charge on any atom is -0.467 e. The zero-order chi connectivity index (χ0) is 23.6. The lowest BCUT2D eigenvalue weighted by Gasteiger charge is -2.22. The monoisotopic (exact) mass is 444 g/mol. The number of methoxy groups -OCH3 is 1. The highest BCUT2D eigenvalue weighted by Gasteiger charge is 2.28. The van der Waals surface area contributed by atoms with Gasteiger partial charge >= 0.3 is 5.97 Å². The molecule has 6 heteroatoms. The molecule has 0 aliphatic carbocycles. The fourth-order valence-corrected chi connectivity index (χ4v) is 3.46. The third kappa shape index (κ3) is 7.04. The van der Waals surface area contributed by atoms with Crippen LogP contribution in [-0.4, -0.2) is 37.0 Å². The van der Waals surface area contributed by atoms with Gasteiger partial charge in [0.25, 0.3) is 5.91 Å². The van der Waals surface area contributed by atoms with E-state index in [1.165, 1.54) is 7.11 Å². The van der Waals surface area contributed by atoms with E-state index in [-0.39, 0.29) is 18.7 Å². The summed E-state index contributed by atoms with van der Waals surface area (Å²) in [6, 6.07) is 24.2. The van der Waals surface area contributed by atoms with Crippen LogP contribution in [0.25, 0.3) is 0 Å². The Morgan fingerprint density at radius 2 is 1.24 bits per heavy atom. The smallest absolute Gasteiger partial charge is 0.328 e. The van der Waals surface area contributed by atoms with E-state index >= 15 is 0 Å². The third-order valence-electron chi connectivity index (χ3n) is 5.30. The van der Waals surface area contributed by atoms with Gasteiger partial charge in [-0.25, -0.2) is 4.79 Å². The predicted octanol–water partition coefficient (Wildman–Crippen LogP) is 3.24. The van der Waals surface area contributed by atoms with Crippen LogP contribution in [-0.2, 0) is 27.2 Å². The third-order valence-corrected chi connectivity index (χ3v) is 5.30. The van der Waals surface area contributed by atoms with Gasteiger partial charge in [-0.3, -0.25) is 9.59 Å². The summed E-state index contributed by atoms with van der Waals surface area (Å²) in [5, 5.41) is 5.60. The normalized spacial score (nSPS) is 12.3. The second kappa shape index (κ2) is 11.6. The molecule has 0 aliphatic heterocycles. The molecule has 0 radical (unpaired) electrons. The highest BCUT2D eigenvalue weighted by molar-refractivity contribution is 5.98. The molecule has 0 spiro atoms. The number of carbonyl (C=O) groups excluding carboxylic acids is 3. The van der Waals surface area contributed by atoms with Crippen molar-refractivity contribution in [2.45, 2.75) is 31.8 Å². The van der Waals surface area contributed by atoms with E-state index in [0.717, 1.165) is 16.7 Å². The van der Waals surface area contributed by atoms with Crippen molar-refractivity contribution in [3.05, 3.63) is 107 Å². The van der Waals surface area contributed by atoms with E-state index in [9.17, 15) is 14.4 Å². The molecule has 0 bridgehead atoms. The molecular weight excluding hydrogens is 416 g/mol. The Kier molecular flexibility index (Phi) is 8.36. The minimum atomic E-state index is -0.876. The molecule has 0 fully saturated rings. The zero-order valence-corrected chi connectivity index (χ0v) is 18.8. The van der Waals surface area contributed by atoms with Crippen LogP contribution >= 0.6 is 0 Å². The summed E-state index contributed by atoms with van der Waals surface area (Å²) in [6.45, 7) is 1.94. The van der Waals surface area contributed by atoms with Gasteiger partial charge in [-0.1, -0.05) is 78.4 Å². The first-order valence-corrected chi connectivity index (χ1v) is 10.8. The maximum Gasteiger partial charge on any atom is 0.328 e. The van der Waals surface area contributed by atoms with Gasteiger partial charge in [0.1, 0.15) is 12.1 Å². The summed E-state index contributed by atoms with van der Waals surface area (Å²) in [5.41, 5.74) is 3.27. The summed E-state index contributed by atoms with van der Waals surface area (Å²) in [5.74, 6) is -1.36. The van der Waals surface area contributed by atoms with Gasteiger partial charge in [-0.15, -0.1) is 0 Å². The fraction of sp³-hybridized carbons (Fsp3) is 0.222. The van der Waals surface area contributed by atoms with Gasteiger partial charge in [0.2, 0.25) is 5.91 Å². The topological polar surface area (TPSA) is 84.5 Å². The molecule has 0 heterocycles. The van der Waals surface area contributed by atoms with Crippen LogP contribution in [0.1, 0.15) is 27.0 Å². The molecule has 0 saturated carbocycles. The molecule has 3 aromatic carbocycles. The Morgan fingerprint density at radius 3 is 1.76 bits per heavy atom. The second-order valence-electron chi connectivity index (χ2n) is 7.86. The van der Waals surface area contributed by atoms with Crippen LogP contribution in [0, 0.1) is 6.92 Å². The average molecular weight is 445 g/mol. The van der Waals surface area contributed by atoms with Crippen molar-refractivity contribution in [1.82, 2.24) is 10.6 Å². The lowest BCUT2D eigenvalue weighted by molar-refractivity contribution is -0.145. The number of hydrogen-bond donors (Lipinski definition) is 2. The molecule has 3 rings (SSSR count). The van der Waals surface area contributed by atoms with E-state index in [4.69, 9.17) is 4.74 Å². The fourth-order valence-electron chi connectivity index (χ4n) is 3.46. The Balaban J connectivity index is 1.79. The largest absolute Gasteiger partial charge is 0.467 e. The average Bonchev–Trinajstić information content (AvgIpc) is 2.84. The van der Waals surface area contributed by atoms with E-state index in [0.29, 0.717) is 5.56 Å². The van der Waals surface area contributed by atoms with Crippen molar-refractivity contribution in [2.75, 3.05) is 7.11 Å². The van der Waals surface area contributed by atoms with E-state index < -0.39 is 24.0 Å². The molecule has 6 nitrogen and oxygen atoms in total. The molecule has 2 amide bonds. The van der Waals surface area contributed by atoms with Gasteiger partial charge in [0.05, 0.1) is 7.11 Å². The van der Waals surface area contributed by atoms with Crippen LogP contribution in [0.4, 0.5) is 0 Å². The molecule has 0 aromatic heterocycles. The van der Waals surface area contributed by atoms with Crippen LogP contribution in [0.5, 0.6) is 0 Å². The van der Waals surface area contributed by atoms with Gasteiger partial charge < -0.3 is 15.4 Å². The Labute approximate surface area is 194 Å². The Hall–Kier alpha value is -3.93. The summed E-state index contributed by atoms with van der Waals surface area (Å²) in [4.78, 5) is 38.5. The molecule has 3 aromatic rings. The highest BCUT2D eigenvalue weighted by atomic mass is 16.5. The summed E-state index contributed by atoms with van der Waals surface area (Å²) < 4.78 is 4.90. The van der Waals surface area contributed by atoms with Crippen molar-refractivity contribution >= 4 is 17.8 Å². The number of aryl methyl sites for hydroxylation is 1. The van der Waals surface area contributed by atoms with Crippen LogP contribution in [0.3, 0.4) is 0 Å². The first kappa shape index (κ1) is 23.7. The quantitative estimate of drug-likeness (QED) is 0.497. The molecule has 0 saturated heterocycles. The maximum absolute atomic E-state index is 13.3. The summed E-state index contributed by atoms with van der Waals surface area (Å²) >= 11 is 0. The molecule has 0 unspecified atom stereocenters. The Bertz CT molecular complexity index is 1070. The molecular formula is C27H28N2O4. The highest BCUT2D eigenvalue weighted by Crippen LogP contribution is 2.09. The SMILES string of the molecule is COC(=O)[C@@H](Cc1ccccc1)NC(=O)[C@H](Cc1ccccc1)NC(=O)c1ccc(C)cc1. The van der Waals surface area contributed by atoms with Gasteiger partial charge in [-0.05, 0) is 30.2 Å². The predicted molar refractivity (Wildman–Crippen MR) is 127 cm³/mol. The summed E-state index contributed by atoms with van der Waals surface area (Å²) in [6.07, 6.45) is 0.562. The Morgan fingerprint density at radius 1 is 0.727 bits per heavy atom. The number of amides is 2. The van der Waals surface area contributed by atoms with E-state index in [1.54, 1.807) is 12.1 Å².